The molecule has 0 aliphatic rings. The minimum Gasteiger partial charge on any atom is -0.295 e. The van der Waals surface area contributed by atoms with Crippen LogP contribution in [0.5, 0.6) is 0 Å². The van der Waals surface area contributed by atoms with Gasteiger partial charge in [-0.05, 0) is 39.2 Å². The second kappa shape index (κ2) is 9.64. The van der Waals surface area contributed by atoms with Crippen molar-refractivity contribution in [3.05, 3.63) is 47.6 Å². The average molecular weight is 246 g/mol. The fourth-order valence-corrected chi connectivity index (χ4v) is 1.29. The predicted molar refractivity (Wildman–Crippen MR) is 80.5 cm³/mol. The number of carbonyl (C=O) groups excluding carboxylic acids is 1. The van der Waals surface area contributed by atoms with Crippen LogP contribution in [0.2, 0.25) is 0 Å². The molecule has 1 heteroatoms. The van der Waals surface area contributed by atoms with Crippen LogP contribution in [0.1, 0.15) is 47.5 Å². The van der Waals surface area contributed by atoms with Gasteiger partial charge in [-0.3, -0.25) is 4.79 Å². The third-order valence-corrected chi connectivity index (χ3v) is 2.31. The van der Waals surface area contributed by atoms with Gasteiger partial charge in [-0.2, -0.15) is 0 Å². The molecule has 0 aromatic rings. The lowest BCUT2D eigenvalue weighted by molar-refractivity contribution is -0.114. The summed E-state index contributed by atoms with van der Waals surface area (Å²) in [5.74, 6) is 0.652. The summed E-state index contributed by atoms with van der Waals surface area (Å²) in [5, 5.41) is 0. The van der Waals surface area contributed by atoms with Gasteiger partial charge in [-0.25, -0.2) is 0 Å². The number of ketones is 1. The Kier molecular flexibility index (Phi) is 8.91. The molecular formula is C17H26O. The molecule has 0 radical (unpaired) electrons. The van der Waals surface area contributed by atoms with Crippen LogP contribution in [-0.2, 0) is 4.79 Å². The molecule has 0 saturated carbocycles. The normalized spacial score (nSPS) is 12.7. The molecule has 0 N–H and O–H groups in total. The van der Waals surface area contributed by atoms with E-state index in [-0.39, 0.29) is 5.78 Å². The summed E-state index contributed by atoms with van der Waals surface area (Å²) in [6.45, 7) is 10.3. The molecule has 0 aliphatic carbocycles. The SMILES string of the molecule is CC(C)=C/C=C/C(C)=C/CCC(=O)/C=C/C(C)C. The van der Waals surface area contributed by atoms with E-state index in [1.165, 1.54) is 11.1 Å². The molecule has 0 heterocycles. The molecule has 0 saturated heterocycles. The zero-order chi connectivity index (χ0) is 14.0. The molecule has 0 atom stereocenters. The van der Waals surface area contributed by atoms with Gasteiger partial charge in [0.2, 0.25) is 0 Å². The second-order valence-electron chi connectivity index (χ2n) is 5.16. The van der Waals surface area contributed by atoms with Crippen molar-refractivity contribution in [3.8, 4) is 0 Å². The van der Waals surface area contributed by atoms with E-state index in [1.807, 2.05) is 12.2 Å². The quantitative estimate of drug-likeness (QED) is 0.455. The van der Waals surface area contributed by atoms with Crippen molar-refractivity contribution in [1.82, 2.24) is 0 Å². The van der Waals surface area contributed by atoms with Gasteiger partial charge in [0, 0.05) is 6.42 Å². The first-order valence-electron chi connectivity index (χ1n) is 6.61. The Bertz CT molecular complexity index is 361. The molecule has 0 aliphatic heterocycles. The van der Waals surface area contributed by atoms with E-state index in [4.69, 9.17) is 0 Å². The first kappa shape index (κ1) is 16.6. The first-order chi connectivity index (χ1) is 8.41. The molecule has 0 aromatic carbocycles. The third-order valence-electron chi connectivity index (χ3n) is 2.31. The summed E-state index contributed by atoms with van der Waals surface area (Å²) >= 11 is 0. The molecule has 0 bridgehead atoms. The summed E-state index contributed by atoms with van der Waals surface area (Å²) in [4.78, 5) is 11.5. The van der Waals surface area contributed by atoms with Crippen molar-refractivity contribution in [3.63, 3.8) is 0 Å². The predicted octanol–water partition coefficient (Wildman–Crippen LogP) is 5.02. The Morgan fingerprint density at radius 2 is 1.78 bits per heavy atom. The van der Waals surface area contributed by atoms with Crippen molar-refractivity contribution >= 4 is 5.78 Å². The molecule has 0 rings (SSSR count). The summed E-state index contributed by atoms with van der Waals surface area (Å²) in [5.41, 5.74) is 2.49. The topological polar surface area (TPSA) is 17.1 Å². The lowest BCUT2D eigenvalue weighted by Crippen LogP contribution is -1.92. The van der Waals surface area contributed by atoms with Gasteiger partial charge < -0.3 is 0 Å². The first-order valence-corrected chi connectivity index (χ1v) is 6.61. The number of allylic oxidation sites excluding steroid dienone is 8. The van der Waals surface area contributed by atoms with E-state index in [1.54, 1.807) is 6.08 Å². The lowest BCUT2D eigenvalue weighted by Gasteiger charge is -1.95. The van der Waals surface area contributed by atoms with Crippen LogP contribution in [0.3, 0.4) is 0 Å². The number of rotatable bonds is 7. The Morgan fingerprint density at radius 3 is 2.33 bits per heavy atom. The van der Waals surface area contributed by atoms with Crippen LogP contribution in [0.25, 0.3) is 0 Å². The Balaban J connectivity index is 4.05. The van der Waals surface area contributed by atoms with E-state index < -0.39 is 0 Å². The van der Waals surface area contributed by atoms with Gasteiger partial charge in [-0.1, -0.05) is 55.4 Å². The highest BCUT2D eigenvalue weighted by Crippen LogP contribution is 2.03. The molecule has 1 nitrogen and oxygen atoms in total. The highest BCUT2D eigenvalue weighted by Gasteiger charge is 1.95. The second-order valence-corrected chi connectivity index (χ2v) is 5.16. The zero-order valence-electron chi connectivity index (χ0n) is 12.4. The fourth-order valence-electron chi connectivity index (χ4n) is 1.29. The molecule has 0 aromatic heterocycles. The van der Waals surface area contributed by atoms with E-state index >= 15 is 0 Å². The largest absolute Gasteiger partial charge is 0.295 e. The maximum atomic E-state index is 11.5. The minimum atomic E-state index is 0.209. The average Bonchev–Trinajstić information content (AvgIpc) is 2.25. The van der Waals surface area contributed by atoms with Crippen molar-refractivity contribution in [2.75, 3.05) is 0 Å². The highest BCUT2D eigenvalue weighted by molar-refractivity contribution is 5.89. The van der Waals surface area contributed by atoms with Gasteiger partial charge in [0.25, 0.3) is 0 Å². The number of hydrogen-bond acceptors (Lipinski definition) is 1. The summed E-state index contributed by atoms with van der Waals surface area (Å²) < 4.78 is 0. The van der Waals surface area contributed by atoms with E-state index in [2.05, 4.69) is 52.8 Å². The van der Waals surface area contributed by atoms with Gasteiger partial charge in [0.15, 0.2) is 5.78 Å². The maximum Gasteiger partial charge on any atom is 0.155 e. The molecular weight excluding hydrogens is 220 g/mol. The van der Waals surface area contributed by atoms with Crippen LogP contribution >= 0.6 is 0 Å². The smallest absolute Gasteiger partial charge is 0.155 e. The lowest BCUT2D eigenvalue weighted by atomic mass is 10.1. The summed E-state index contributed by atoms with van der Waals surface area (Å²) in [7, 11) is 0. The molecule has 100 valence electrons. The van der Waals surface area contributed by atoms with Crippen molar-refractivity contribution < 1.29 is 4.79 Å². The van der Waals surface area contributed by atoms with E-state index in [0.717, 1.165) is 6.42 Å². The van der Waals surface area contributed by atoms with Crippen LogP contribution in [0, 0.1) is 5.92 Å². The molecule has 0 unspecified atom stereocenters. The highest BCUT2D eigenvalue weighted by atomic mass is 16.1. The third kappa shape index (κ3) is 11.1. The van der Waals surface area contributed by atoms with Gasteiger partial charge in [0.05, 0.1) is 0 Å². The Labute approximate surface area is 112 Å². The van der Waals surface area contributed by atoms with Crippen molar-refractivity contribution in [2.45, 2.75) is 47.5 Å². The fraction of sp³-hybridized carbons (Fsp3) is 0.471. The van der Waals surface area contributed by atoms with Crippen LogP contribution < -0.4 is 0 Å². The van der Waals surface area contributed by atoms with Gasteiger partial charge in [-0.15, -0.1) is 0 Å². The standard InChI is InChI=1S/C17H26O/c1-14(2)8-6-9-16(5)10-7-11-17(18)13-12-15(3)4/h6,8-10,12-13,15H,7,11H2,1-5H3/b9-6+,13-12+,16-10+. The van der Waals surface area contributed by atoms with Crippen LogP contribution in [0.15, 0.2) is 47.6 Å². The zero-order valence-corrected chi connectivity index (χ0v) is 12.4. The van der Waals surface area contributed by atoms with Crippen molar-refractivity contribution in [1.29, 1.82) is 0 Å². The number of hydrogen-bond donors (Lipinski definition) is 0. The van der Waals surface area contributed by atoms with Gasteiger partial charge in [0.1, 0.15) is 0 Å². The number of carbonyl (C=O) groups is 1. The maximum absolute atomic E-state index is 11.5. The molecule has 18 heavy (non-hydrogen) atoms. The molecule has 0 amide bonds. The van der Waals surface area contributed by atoms with E-state index in [9.17, 15) is 4.79 Å². The van der Waals surface area contributed by atoms with Crippen LogP contribution in [0.4, 0.5) is 0 Å². The summed E-state index contributed by atoms with van der Waals surface area (Å²) in [6, 6.07) is 0. The van der Waals surface area contributed by atoms with Crippen LogP contribution in [-0.4, -0.2) is 5.78 Å². The minimum absolute atomic E-state index is 0.209. The van der Waals surface area contributed by atoms with Gasteiger partial charge >= 0.3 is 0 Å². The van der Waals surface area contributed by atoms with Crippen molar-refractivity contribution in [2.24, 2.45) is 5.92 Å². The Hall–Kier alpha value is -1.37. The monoisotopic (exact) mass is 246 g/mol. The molecule has 0 fully saturated rings. The molecule has 0 spiro atoms. The Morgan fingerprint density at radius 1 is 1.11 bits per heavy atom. The van der Waals surface area contributed by atoms with E-state index in [0.29, 0.717) is 12.3 Å². The summed E-state index contributed by atoms with van der Waals surface area (Å²) in [6.07, 6.45) is 13.4.